The van der Waals surface area contributed by atoms with Crippen molar-refractivity contribution in [3.05, 3.63) is 60.2 Å². The summed E-state index contributed by atoms with van der Waals surface area (Å²) in [6, 6.07) is 6.56. The van der Waals surface area contributed by atoms with Crippen LogP contribution in [0.5, 0.6) is 0 Å². The maximum atomic E-state index is 3.75. The Morgan fingerprint density at radius 2 is 1.85 bits per heavy atom. The van der Waals surface area contributed by atoms with Gasteiger partial charge in [-0.1, -0.05) is 30.4 Å². The first kappa shape index (κ1) is 9.79. The van der Waals surface area contributed by atoms with Gasteiger partial charge in [0.1, 0.15) is 0 Å². The minimum Gasteiger partial charge on any atom is -0.103 e. The fraction of sp³-hybridized carbons (Fsp3) is 0.231. The zero-order valence-electron chi connectivity index (χ0n) is 8.22. The van der Waals surface area contributed by atoms with E-state index in [9.17, 15) is 0 Å². The molecule has 0 fully saturated rings. The Kier molecular flexibility index (Phi) is 3.51. The van der Waals surface area contributed by atoms with Gasteiger partial charge >= 0.3 is 0 Å². The second-order valence-electron chi connectivity index (χ2n) is 3.25. The Morgan fingerprint density at radius 1 is 1.15 bits per heavy atom. The predicted octanol–water partition coefficient (Wildman–Crippen LogP) is 3.45. The number of hydrogen-bond acceptors (Lipinski definition) is 0. The van der Waals surface area contributed by atoms with E-state index in [0.717, 1.165) is 12.8 Å². The van der Waals surface area contributed by atoms with E-state index in [1.54, 1.807) is 0 Å². The Bertz CT molecular complexity index is 308. The fourth-order valence-electron chi connectivity index (χ4n) is 1.39. The van der Waals surface area contributed by atoms with Crippen LogP contribution in [0, 0.1) is 6.92 Å². The molecule has 0 nitrogen and oxygen atoms in total. The maximum Gasteiger partial charge on any atom is -0.00974 e. The smallest absolute Gasteiger partial charge is 0.00974 e. The molecule has 1 aromatic rings. The molecular weight excluding hydrogens is 156 g/mol. The van der Waals surface area contributed by atoms with E-state index < -0.39 is 0 Å². The van der Waals surface area contributed by atoms with Crippen LogP contribution in [0.15, 0.2) is 43.5 Å². The van der Waals surface area contributed by atoms with Crippen molar-refractivity contribution in [3.8, 4) is 0 Å². The molecule has 1 aromatic carbocycles. The van der Waals surface area contributed by atoms with Gasteiger partial charge in [-0.25, -0.2) is 0 Å². The summed E-state index contributed by atoms with van der Waals surface area (Å²) < 4.78 is 0. The largest absolute Gasteiger partial charge is 0.103 e. The van der Waals surface area contributed by atoms with Gasteiger partial charge in [0.2, 0.25) is 0 Å². The van der Waals surface area contributed by atoms with Crippen LogP contribution in [0.4, 0.5) is 0 Å². The zero-order chi connectivity index (χ0) is 9.68. The Balaban J connectivity index is 2.95. The molecule has 1 rings (SSSR count). The highest BCUT2D eigenvalue weighted by atomic mass is 14.0. The van der Waals surface area contributed by atoms with E-state index in [4.69, 9.17) is 0 Å². The number of benzene rings is 1. The predicted molar refractivity (Wildman–Crippen MR) is 59.0 cm³/mol. The lowest BCUT2D eigenvalue weighted by Gasteiger charge is -2.05. The summed E-state index contributed by atoms with van der Waals surface area (Å²) in [4.78, 5) is 0. The summed E-state index contributed by atoms with van der Waals surface area (Å²) in [7, 11) is 0. The van der Waals surface area contributed by atoms with E-state index in [0.29, 0.717) is 0 Å². The minimum absolute atomic E-state index is 0.949. The van der Waals surface area contributed by atoms with Crippen LogP contribution in [0.25, 0.3) is 0 Å². The first-order chi connectivity index (χ1) is 6.27. The normalized spacial score (nSPS) is 9.62. The van der Waals surface area contributed by atoms with Crippen molar-refractivity contribution in [2.24, 2.45) is 0 Å². The molecule has 0 saturated carbocycles. The number of hydrogen-bond donors (Lipinski definition) is 0. The van der Waals surface area contributed by atoms with Crippen LogP contribution in [0.3, 0.4) is 0 Å². The van der Waals surface area contributed by atoms with Gasteiger partial charge in [-0.2, -0.15) is 0 Å². The van der Waals surface area contributed by atoms with Crippen LogP contribution in [-0.2, 0) is 12.8 Å². The van der Waals surface area contributed by atoms with Crippen molar-refractivity contribution in [3.63, 3.8) is 0 Å². The summed E-state index contributed by atoms with van der Waals surface area (Å²) >= 11 is 0. The first-order valence-electron chi connectivity index (χ1n) is 4.58. The molecule has 0 N–H and O–H groups in total. The van der Waals surface area contributed by atoms with Crippen LogP contribution < -0.4 is 0 Å². The highest BCUT2D eigenvalue weighted by Gasteiger charge is 1.97. The van der Waals surface area contributed by atoms with Gasteiger partial charge < -0.3 is 0 Å². The van der Waals surface area contributed by atoms with E-state index in [-0.39, 0.29) is 0 Å². The SMILES string of the molecule is C=CCc1ccc(C)c(CC=C)c1. The average molecular weight is 172 g/mol. The standard InChI is InChI=1S/C13H16/c1-4-6-12-9-8-11(3)13(10-12)7-5-2/h4-5,8-10H,1-2,6-7H2,3H3. The van der Waals surface area contributed by atoms with Gasteiger partial charge in [0.05, 0.1) is 0 Å². The molecule has 0 aliphatic heterocycles. The van der Waals surface area contributed by atoms with E-state index >= 15 is 0 Å². The zero-order valence-corrected chi connectivity index (χ0v) is 8.22. The first-order valence-corrected chi connectivity index (χ1v) is 4.58. The third-order valence-electron chi connectivity index (χ3n) is 2.16. The molecule has 0 spiro atoms. The van der Waals surface area contributed by atoms with Crippen molar-refractivity contribution >= 4 is 0 Å². The van der Waals surface area contributed by atoms with Crippen LogP contribution in [0.2, 0.25) is 0 Å². The van der Waals surface area contributed by atoms with Crippen LogP contribution in [-0.4, -0.2) is 0 Å². The van der Waals surface area contributed by atoms with E-state index in [2.05, 4.69) is 38.3 Å². The quantitative estimate of drug-likeness (QED) is 0.610. The molecule has 68 valence electrons. The lowest BCUT2D eigenvalue weighted by molar-refractivity contribution is 1.17. The topological polar surface area (TPSA) is 0 Å². The second kappa shape index (κ2) is 4.66. The summed E-state index contributed by atoms with van der Waals surface area (Å²) in [5.41, 5.74) is 4.04. The van der Waals surface area contributed by atoms with Gasteiger partial charge in [0, 0.05) is 0 Å². The molecule has 0 unspecified atom stereocenters. The summed E-state index contributed by atoms with van der Waals surface area (Å²) in [5.74, 6) is 0. The van der Waals surface area contributed by atoms with Gasteiger partial charge in [-0.05, 0) is 36.5 Å². The third-order valence-corrected chi connectivity index (χ3v) is 2.16. The molecule has 0 amide bonds. The monoisotopic (exact) mass is 172 g/mol. The Morgan fingerprint density at radius 3 is 2.46 bits per heavy atom. The van der Waals surface area contributed by atoms with Gasteiger partial charge in [0.15, 0.2) is 0 Å². The van der Waals surface area contributed by atoms with E-state index in [1.165, 1.54) is 16.7 Å². The van der Waals surface area contributed by atoms with Crippen molar-refractivity contribution in [1.82, 2.24) is 0 Å². The molecule has 0 aromatic heterocycles. The molecule has 0 bridgehead atoms. The van der Waals surface area contributed by atoms with Crippen LogP contribution >= 0.6 is 0 Å². The molecule has 0 atom stereocenters. The molecule has 0 radical (unpaired) electrons. The molecule has 0 aliphatic rings. The Labute approximate surface area is 80.6 Å². The number of allylic oxidation sites excluding steroid dienone is 2. The molecule has 0 saturated heterocycles. The number of aryl methyl sites for hydroxylation is 1. The molecule has 13 heavy (non-hydrogen) atoms. The highest BCUT2D eigenvalue weighted by molar-refractivity contribution is 5.33. The van der Waals surface area contributed by atoms with Gasteiger partial charge in [-0.15, -0.1) is 13.2 Å². The van der Waals surface area contributed by atoms with Crippen molar-refractivity contribution in [1.29, 1.82) is 0 Å². The molecular formula is C13H16. The van der Waals surface area contributed by atoms with Crippen molar-refractivity contribution in [2.45, 2.75) is 19.8 Å². The Hall–Kier alpha value is -1.30. The van der Waals surface area contributed by atoms with Crippen molar-refractivity contribution < 1.29 is 0 Å². The lowest BCUT2D eigenvalue weighted by atomic mass is 10.0. The van der Waals surface area contributed by atoms with Crippen LogP contribution in [0.1, 0.15) is 16.7 Å². The summed E-state index contributed by atoms with van der Waals surface area (Å²) in [6.07, 6.45) is 5.78. The highest BCUT2D eigenvalue weighted by Crippen LogP contribution is 2.12. The fourth-order valence-corrected chi connectivity index (χ4v) is 1.39. The minimum atomic E-state index is 0.949. The molecule has 0 heteroatoms. The van der Waals surface area contributed by atoms with Crippen molar-refractivity contribution in [2.75, 3.05) is 0 Å². The van der Waals surface area contributed by atoms with Gasteiger partial charge in [0.25, 0.3) is 0 Å². The summed E-state index contributed by atoms with van der Waals surface area (Å²) in [5, 5.41) is 0. The van der Waals surface area contributed by atoms with Gasteiger partial charge in [-0.3, -0.25) is 0 Å². The third kappa shape index (κ3) is 2.59. The lowest BCUT2D eigenvalue weighted by Crippen LogP contribution is -1.90. The molecule has 0 heterocycles. The summed E-state index contributed by atoms with van der Waals surface area (Å²) in [6.45, 7) is 9.62. The average Bonchev–Trinajstić information content (AvgIpc) is 2.12. The maximum absolute atomic E-state index is 3.75. The second-order valence-corrected chi connectivity index (χ2v) is 3.25. The molecule has 0 aliphatic carbocycles. The van der Waals surface area contributed by atoms with E-state index in [1.807, 2.05) is 12.2 Å². The number of rotatable bonds is 4.